The van der Waals surface area contributed by atoms with Gasteiger partial charge in [0.1, 0.15) is 5.56 Å². The molecule has 7 nitrogen and oxygen atoms in total. The maximum Gasteiger partial charge on any atom is 0.331 e. The van der Waals surface area contributed by atoms with Gasteiger partial charge in [0, 0.05) is 13.1 Å². The van der Waals surface area contributed by atoms with E-state index in [-0.39, 0.29) is 18.0 Å². The van der Waals surface area contributed by atoms with Gasteiger partial charge in [0.15, 0.2) is 0 Å². The van der Waals surface area contributed by atoms with Gasteiger partial charge in [0.05, 0.1) is 12.3 Å². The minimum atomic E-state index is -0.631. The molecule has 1 aromatic heterocycles. The van der Waals surface area contributed by atoms with Crippen LogP contribution < -0.4 is 11.2 Å². The van der Waals surface area contributed by atoms with Crippen LogP contribution >= 0.6 is 0 Å². The summed E-state index contributed by atoms with van der Waals surface area (Å²) in [5, 5.41) is 17.2. The van der Waals surface area contributed by atoms with E-state index in [1.807, 2.05) is 42.3 Å². The van der Waals surface area contributed by atoms with E-state index in [1.54, 1.807) is 0 Å². The second kappa shape index (κ2) is 8.03. The largest absolute Gasteiger partial charge is 0.494 e. The molecule has 7 heteroatoms. The van der Waals surface area contributed by atoms with E-state index in [0.29, 0.717) is 12.1 Å². The summed E-state index contributed by atoms with van der Waals surface area (Å²) in [6, 6.07) is 9.32. The van der Waals surface area contributed by atoms with Crippen molar-refractivity contribution < 1.29 is 5.11 Å². The van der Waals surface area contributed by atoms with Gasteiger partial charge < -0.3 is 5.11 Å². The lowest BCUT2D eigenvalue weighted by molar-refractivity contribution is 0.239. The maximum absolute atomic E-state index is 12.4. The number of hydrogen-bond acceptors (Lipinski definition) is 5. The number of aromatic hydroxyl groups is 1. The molecule has 2 aromatic rings. The first-order valence-electron chi connectivity index (χ1n) is 9.03. The van der Waals surface area contributed by atoms with Gasteiger partial charge in [-0.3, -0.25) is 19.4 Å². The number of rotatable bonds is 5. The van der Waals surface area contributed by atoms with Crippen molar-refractivity contribution in [2.24, 2.45) is 5.10 Å². The minimum Gasteiger partial charge on any atom is -0.494 e. The molecule has 138 valence electrons. The quantitative estimate of drug-likeness (QED) is 0.801. The van der Waals surface area contributed by atoms with Crippen molar-refractivity contribution in [2.45, 2.75) is 39.2 Å². The molecule has 26 heavy (non-hydrogen) atoms. The Bertz CT molecular complexity index is 893. The van der Waals surface area contributed by atoms with Crippen molar-refractivity contribution in [1.82, 2.24) is 14.6 Å². The Labute approximate surface area is 151 Å². The Kier molecular flexibility index (Phi) is 5.55. The molecule has 2 heterocycles. The molecule has 1 fully saturated rings. The van der Waals surface area contributed by atoms with Crippen molar-refractivity contribution in [3.8, 4) is 5.88 Å². The summed E-state index contributed by atoms with van der Waals surface area (Å²) < 4.78 is 1.17. The average molecular weight is 356 g/mol. The molecular formula is C19H24N4O3. The van der Waals surface area contributed by atoms with E-state index < -0.39 is 11.2 Å². The molecule has 0 saturated carbocycles. The zero-order valence-corrected chi connectivity index (χ0v) is 14.9. The minimum absolute atomic E-state index is 0.0774. The van der Waals surface area contributed by atoms with E-state index in [2.05, 4.69) is 10.1 Å². The molecule has 1 aliphatic rings. The zero-order chi connectivity index (χ0) is 18.5. The first-order valence-corrected chi connectivity index (χ1v) is 9.03. The van der Waals surface area contributed by atoms with Gasteiger partial charge in [0.2, 0.25) is 5.88 Å². The molecule has 0 unspecified atom stereocenters. The number of benzene rings is 1. The third-order valence-electron chi connectivity index (χ3n) is 4.57. The highest BCUT2D eigenvalue weighted by molar-refractivity contribution is 6.01. The van der Waals surface area contributed by atoms with Gasteiger partial charge in [-0.2, -0.15) is 5.10 Å². The van der Waals surface area contributed by atoms with E-state index in [9.17, 15) is 14.7 Å². The SMILES string of the molecule is CC/C(=N\N1CCCCC1)c1c(O)n(Cc2ccccc2)c(=O)[nH]c1=O. The summed E-state index contributed by atoms with van der Waals surface area (Å²) in [5.74, 6) is -0.333. The molecule has 0 radical (unpaired) electrons. The Hall–Kier alpha value is -2.83. The van der Waals surface area contributed by atoms with E-state index in [0.717, 1.165) is 31.5 Å². The molecule has 1 aliphatic heterocycles. The first kappa shape index (κ1) is 18.0. The molecule has 2 N–H and O–H groups in total. The van der Waals surface area contributed by atoms with Crippen LogP contribution in [0.1, 0.15) is 43.7 Å². The normalized spacial score (nSPS) is 15.3. The van der Waals surface area contributed by atoms with Crippen molar-refractivity contribution >= 4 is 5.71 Å². The van der Waals surface area contributed by atoms with Crippen LogP contribution in [-0.4, -0.2) is 38.5 Å². The summed E-state index contributed by atoms with van der Waals surface area (Å²) in [5.41, 5.74) is 0.193. The van der Waals surface area contributed by atoms with Gasteiger partial charge in [-0.15, -0.1) is 0 Å². The predicted octanol–water partition coefficient (Wildman–Crippen LogP) is 1.89. The molecule has 0 bridgehead atoms. The fourth-order valence-corrected chi connectivity index (χ4v) is 3.18. The van der Waals surface area contributed by atoms with Crippen LogP contribution in [0.3, 0.4) is 0 Å². The standard InChI is InChI=1S/C19H24N4O3/c1-2-15(21-22-11-7-4-8-12-22)16-17(24)20-19(26)23(18(16)25)13-14-9-5-3-6-10-14/h3,5-6,9-10,25H,2,4,7-8,11-13H2,1H3,(H,20,24,26)/b21-15+. The molecule has 1 aromatic carbocycles. The third kappa shape index (κ3) is 3.87. The number of piperidine rings is 1. The number of hydrogen-bond donors (Lipinski definition) is 2. The molecule has 0 atom stereocenters. The van der Waals surface area contributed by atoms with Gasteiger partial charge in [-0.25, -0.2) is 4.79 Å². The number of H-pyrrole nitrogens is 1. The summed E-state index contributed by atoms with van der Waals surface area (Å²) in [6.45, 7) is 3.74. The average Bonchev–Trinajstić information content (AvgIpc) is 2.66. The van der Waals surface area contributed by atoms with Crippen molar-refractivity contribution in [3.63, 3.8) is 0 Å². The van der Waals surface area contributed by atoms with Crippen LogP contribution in [0, 0.1) is 0 Å². The number of nitrogens with one attached hydrogen (secondary N) is 1. The lowest BCUT2D eigenvalue weighted by atomic mass is 10.1. The lowest BCUT2D eigenvalue weighted by Crippen LogP contribution is -2.35. The predicted molar refractivity (Wildman–Crippen MR) is 101 cm³/mol. The highest BCUT2D eigenvalue weighted by atomic mass is 16.3. The first-order chi connectivity index (χ1) is 12.6. The molecule has 0 spiro atoms. The van der Waals surface area contributed by atoms with E-state index >= 15 is 0 Å². The van der Waals surface area contributed by atoms with Crippen LogP contribution in [-0.2, 0) is 6.54 Å². The second-order valence-corrected chi connectivity index (χ2v) is 6.44. The topological polar surface area (TPSA) is 90.7 Å². The van der Waals surface area contributed by atoms with Crippen molar-refractivity contribution in [2.75, 3.05) is 13.1 Å². The van der Waals surface area contributed by atoms with E-state index in [4.69, 9.17) is 0 Å². The maximum atomic E-state index is 12.4. The third-order valence-corrected chi connectivity index (χ3v) is 4.57. The highest BCUT2D eigenvalue weighted by Crippen LogP contribution is 2.17. The molecule has 1 saturated heterocycles. The monoisotopic (exact) mass is 356 g/mol. The number of nitrogens with zero attached hydrogens (tertiary/aromatic N) is 3. The Balaban J connectivity index is 2.03. The fraction of sp³-hybridized carbons (Fsp3) is 0.421. The molecule has 3 rings (SSSR count). The van der Waals surface area contributed by atoms with E-state index in [1.165, 1.54) is 11.0 Å². The number of aromatic amines is 1. The van der Waals surface area contributed by atoms with Crippen LogP contribution in [0.4, 0.5) is 0 Å². The lowest BCUT2D eigenvalue weighted by Gasteiger charge is -2.25. The zero-order valence-electron chi connectivity index (χ0n) is 14.9. The van der Waals surface area contributed by atoms with Gasteiger partial charge in [0.25, 0.3) is 5.56 Å². The Morgan fingerprint density at radius 3 is 2.50 bits per heavy atom. The van der Waals surface area contributed by atoms with Crippen LogP contribution in [0.25, 0.3) is 0 Å². The second-order valence-electron chi connectivity index (χ2n) is 6.44. The highest BCUT2D eigenvalue weighted by Gasteiger charge is 2.20. The molecule has 0 aliphatic carbocycles. The molecule has 0 amide bonds. The van der Waals surface area contributed by atoms with Crippen LogP contribution in [0.5, 0.6) is 5.88 Å². The Morgan fingerprint density at radius 1 is 1.15 bits per heavy atom. The van der Waals surface area contributed by atoms with Crippen molar-refractivity contribution in [3.05, 3.63) is 62.3 Å². The van der Waals surface area contributed by atoms with Crippen LogP contribution in [0.15, 0.2) is 45.0 Å². The summed E-state index contributed by atoms with van der Waals surface area (Å²) in [7, 11) is 0. The van der Waals surface area contributed by atoms with Crippen LogP contribution in [0.2, 0.25) is 0 Å². The summed E-state index contributed by atoms with van der Waals surface area (Å²) in [6.07, 6.45) is 3.80. The number of hydrazone groups is 1. The smallest absolute Gasteiger partial charge is 0.331 e. The van der Waals surface area contributed by atoms with Gasteiger partial charge >= 0.3 is 5.69 Å². The van der Waals surface area contributed by atoms with Gasteiger partial charge in [-0.1, -0.05) is 37.3 Å². The number of aromatic nitrogens is 2. The summed E-state index contributed by atoms with van der Waals surface area (Å²) in [4.78, 5) is 26.9. The summed E-state index contributed by atoms with van der Waals surface area (Å²) >= 11 is 0. The molecular weight excluding hydrogens is 332 g/mol. The fourth-order valence-electron chi connectivity index (χ4n) is 3.18. The van der Waals surface area contributed by atoms with Crippen molar-refractivity contribution in [1.29, 1.82) is 0 Å². The Morgan fingerprint density at radius 2 is 1.85 bits per heavy atom. The van der Waals surface area contributed by atoms with Gasteiger partial charge in [-0.05, 0) is 31.2 Å².